The zero-order valence-electron chi connectivity index (χ0n) is 13.7. The van der Waals surface area contributed by atoms with E-state index in [1.54, 1.807) is 4.90 Å². The molecule has 0 spiro atoms. The molecule has 0 saturated carbocycles. The Morgan fingerprint density at radius 1 is 0.920 bits per heavy atom. The standard InChI is InChI=1S/C21H18N2O2/c24-20-13-16(14-23(20)17-9-2-1-3-10-17)21(25)22-19-12-6-8-15-7-4-5-11-18(15)19/h1-12,16H,13-14H2,(H,22,25)/t16-/m0/s1. The highest BCUT2D eigenvalue weighted by atomic mass is 16.2. The molecule has 0 bridgehead atoms. The average Bonchev–Trinajstić information content (AvgIpc) is 3.05. The Morgan fingerprint density at radius 2 is 1.64 bits per heavy atom. The number of para-hydroxylation sites is 1. The molecule has 0 aliphatic carbocycles. The first-order valence-electron chi connectivity index (χ1n) is 8.36. The molecule has 4 rings (SSSR count). The Hall–Kier alpha value is -3.14. The van der Waals surface area contributed by atoms with Crippen LogP contribution in [-0.4, -0.2) is 18.4 Å². The van der Waals surface area contributed by atoms with Gasteiger partial charge in [-0.05, 0) is 23.6 Å². The maximum Gasteiger partial charge on any atom is 0.229 e. The van der Waals surface area contributed by atoms with Gasteiger partial charge in [-0.2, -0.15) is 0 Å². The van der Waals surface area contributed by atoms with Crippen LogP contribution in [-0.2, 0) is 9.59 Å². The molecule has 25 heavy (non-hydrogen) atoms. The van der Waals surface area contributed by atoms with Crippen LogP contribution in [0.2, 0.25) is 0 Å². The van der Waals surface area contributed by atoms with E-state index in [1.165, 1.54) is 0 Å². The number of hydrogen-bond acceptors (Lipinski definition) is 2. The van der Waals surface area contributed by atoms with Gasteiger partial charge in [0.15, 0.2) is 0 Å². The molecule has 3 aromatic rings. The fraction of sp³-hybridized carbons (Fsp3) is 0.143. The number of nitrogens with one attached hydrogen (secondary N) is 1. The zero-order valence-corrected chi connectivity index (χ0v) is 13.7. The fourth-order valence-electron chi connectivity index (χ4n) is 3.31. The molecule has 0 aromatic heterocycles. The van der Waals surface area contributed by atoms with Crippen LogP contribution in [0.25, 0.3) is 10.8 Å². The van der Waals surface area contributed by atoms with Crippen LogP contribution >= 0.6 is 0 Å². The van der Waals surface area contributed by atoms with Gasteiger partial charge >= 0.3 is 0 Å². The van der Waals surface area contributed by atoms with Crippen LogP contribution in [0.1, 0.15) is 6.42 Å². The third kappa shape index (κ3) is 2.98. The van der Waals surface area contributed by atoms with Gasteiger partial charge in [-0.1, -0.05) is 54.6 Å². The van der Waals surface area contributed by atoms with Gasteiger partial charge in [-0.25, -0.2) is 0 Å². The molecule has 3 aromatic carbocycles. The lowest BCUT2D eigenvalue weighted by atomic mass is 10.1. The summed E-state index contributed by atoms with van der Waals surface area (Å²) in [5.41, 5.74) is 1.63. The van der Waals surface area contributed by atoms with Crippen molar-refractivity contribution < 1.29 is 9.59 Å². The van der Waals surface area contributed by atoms with E-state index in [-0.39, 0.29) is 24.2 Å². The average molecular weight is 330 g/mol. The highest BCUT2D eigenvalue weighted by molar-refractivity contribution is 6.06. The summed E-state index contributed by atoms with van der Waals surface area (Å²) in [6.07, 6.45) is 0.242. The number of amides is 2. The second-order valence-electron chi connectivity index (χ2n) is 6.26. The molecule has 1 saturated heterocycles. The lowest BCUT2D eigenvalue weighted by Gasteiger charge is -2.16. The minimum atomic E-state index is -0.341. The van der Waals surface area contributed by atoms with Crippen molar-refractivity contribution in [2.24, 2.45) is 5.92 Å². The molecule has 124 valence electrons. The molecule has 2 amide bonds. The molecular formula is C21H18N2O2. The molecule has 4 nitrogen and oxygen atoms in total. The van der Waals surface area contributed by atoms with Crippen LogP contribution < -0.4 is 10.2 Å². The smallest absolute Gasteiger partial charge is 0.229 e. The van der Waals surface area contributed by atoms with E-state index in [1.807, 2.05) is 72.8 Å². The molecule has 1 aliphatic heterocycles. The maximum atomic E-state index is 12.7. The van der Waals surface area contributed by atoms with Crippen molar-refractivity contribution in [2.75, 3.05) is 16.8 Å². The normalized spacial score (nSPS) is 17.0. The van der Waals surface area contributed by atoms with Crippen molar-refractivity contribution >= 4 is 34.0 Å². The quantitative estimate of drug-likeness (QED) is 0.793. The zero-order chi connectivity index (χ0) is 17.2. The number of nitrogens with zero attached hydrogens (tertiary/aromatic N) is 1. The number of carbonyl (C=O) groups excluding carboxylic acids is 2. The molecular weight excluding hydrogens is 312 g/mol. The first-order valence-corrected chi connectivity index (χ1v) is 8.36. The van der Waals surface area contributed by atoms with Gasteiger partial charge in [-0.3, -0.25) is 9.59 Å². The van der Waals surface area contributed by atoms with Gasteiger partial charge in [-0.15, -0.1) is 0 Å². The van der Waals surface area contributed by atoms with E-state index in [2.05, 4.69) is 5.32 Å². The fourth-order valence-corrected chi connectivity index (χ4v) is 3.31. The van der Waals surface area contributed by atoms with Crippen LogP contribution in [0, 0.1) is 5.92 Å². The highest BCUT2D eigenvalue weighted by Gasteiger charge is 2.35. The molecule has 1 N–H and O–H groups in total. The third-order valence-corrected chi connectivity index (χ3v) is 4.61. The molecule has 0 unspecified atom stereocenters. The van der Waals surface area contributed by atoms with E-state index < -0.39 is 0 Å². The van der Waals surface area contributed by atoms with Crippen LogP contribution in [0.5, 0.6) is 0 Å². The number of carbonyl (C=O) groups is 2. The lowest BCUT2D eigenvalue weighted by molar-refractivity contribution is -0.122. The van der Waals surface area contributed by atoms with Crippen molar-refractivity contribution in [3.63, 3.8) is 0 Å². The van der Waals surface area contributed by atoms with Gasteiger partial charge in [0.25, 0.3) is 0 Å². The maximum absolute atomic E-state index is 12.7. The summed E-state index contributed by atoms with van der Waals surface area (Å²) in [6.45, 7) is 0.416. The van der Waals surface area contributed by atoms with Crippen molar-refractivity contribution in [1.29, 1.82) is 0 Å². The van der Waals surface area contributed by atoms with E-state index in [4.69, 9.17) is 0 Å². The summed E-state index contributed by atoms with van der Waals surface area (Å²) in [7, 11) is 0. The number of fused-ring (bicyclic) bond motifs is 1. The Bertz CT molecular complexity index is 932. The number of hydrogen-bond donors (Lipinski definition) is 1. The number of benzene rings is 3. The van der Waals surface area contributed by atoms with Gasteiger partial charge in [0.1, 0.15) is 0 Å². The summed E-state index contributed by atoms with van der Waals surface area (Å²) in [6, 6.07) is 23.2. The highest BCUT2D eigenvalue weighted by Crippen LogP contribution is 2.27. The summed E-state index contributed by atoms with van der Waals surface area (Å²) < 4.78 is 0. The molecule has 0 radical (unpaired) electrons. The number of rotatable bonds is 3. The summed E-state index contributed by atoms with van der Waals surface area (Å²) >= 11 is 0. The molecule has 1 aliphatic rings. The first kappa shape index (κ1) is 15.4. The molecule has 4 heteroatoms. The second kappa shape index (κ2) is 6.40. The minimum absolute atomic E-state index is 0.00994. The van der Waals surface area contributed by atoms with Crippen LogP contribution in [0.15, 0.2) is 72.8 Å². The topological polar surface area (TPSA) is 49.4 Å². The second-order valence-corrected chi connectivity index (χ2v) is 6.26. The Labute approximate surface area is 146 Å². The summed E-state index contributed by atoms with van der Waals surface area (Å²) in [5, 5.41) is 5.08. The van der Waals surface area contributed by atoms with Gasteiger partial charge < -0.3 is 10.2 Å². The molecule has 1 atom stereocenters. The van der Waals surface area contributed by atoms with Gasteiger partial charge in [0, 0.05) is 29.7 Å². The lowest BCUT2D eigenvalue weighted by Crippen LogP contribution is -2.28. The van der Waals surface area contributed by atoms with E-state index in [0.29, 0.717) is 6.54 Å². The van der Waals surface area contributed by atoms with E-state index >= 15 is 0 Å². The van der Waals surface area contributed by atoms with E-state index in [0.717, 1.165) is 22.1 Å². The predicted molar refractivity (Wildman–Crippen MR) is 99.5 cm³/mol. The molecule has 1 fully saturated rings. The minimum Gasteiger partial charge on any atom is -0.325 e. The van der Waals surface area contributed by atoms with Crippen molar-refractivity contribution in [1.82, 2.24) is 0 Å². The summed E-state index contributed by atoms with van der Waals surface area (Å²) in [5.74, 6) is -0.459. The van der Waals surface area contributed by atoms with E-state index in [9.17, 15) is 9.59 Å². The summed E-state index contributed by atoms with van der Waals surface area (Å²) in [4.78, 5) is 26.7. The number of anilines is 2. The van der Waals surface area contributed by atoms with Gasteiger partial charge in [0.05, 0.1) is 5.92 Å². The Balaban J connectivity index is 1.53. The van der Waals surface area contributed by atoms with Crippen LogP contribution in [0.3, 0.4) is 0 Å². The Kier molecular flexibility index (Phi) is 3.94. The van der Waals surface area contributed by atoms with Crippen LogP contribution in [0.4, 0.5) is 11.4 Å². The van der Waals surface area contributed by atoms with Gasteiger partial charge in [0.2, 0.25) is 11.8 Å². The SMILES string of the molecule is O=C(Nc1cccc2ccccc12)[C@H]1CC(=O)N(c2ccccc2)C1. The van der Waals surface area contributed by atoms with Crippen molar-refractivity contribution in [3.8, 4) is 0 Å². The molecule has 1 heterocycles. The third-order valence-electron chi connectivity index (χ3n) is 4.61. The van der Waals surface area contributed by atoms with Crippen molar-refractivity contribution in [3.05, 3.63) is 72.8 Å². The monoisotopic (exact) mass is 330 g/mol. The Morgan fingerprint density at radius 3 is 2.48 bits per heavy atom. The first-order chi connectivity index (χ1) is 12.2. The van der Waals surface area contributed by atoms with Crippen molar-refractivity contribution in [2.45, 2.75) is 6.42 Å². The largest absolute Gasteiger partial charge is 0.325 e. The predicted octanol–water partition coefficient (Wildman–Crippen LogP) is 3.83.